The van der Waals surface area contributed by atoms with Crippen LogP contribution in [0.5, 0.6) is 0 Å². The van der Waals surface area contributed by atoms with E-state index in [1.807, 2.05) is 0 Å². The molecule has 4 aliphatic carbocycles. The fraction of sp³-hybridized carbons (Fsp3) is 0.812. The number of aromatic nitrogens is 2. The van der Waals surface area contributed by atoms with Gasteiger partial charge < -0.3 is 4.57 Å². The molecule has 0 saturated heterocycles. The molecule has 0 N–H and O–H groups in total. The summed E-state index contributed by atoms with van der Waals surface area (Å²) in [4.78, 5) is 5.04. The minimum absolute atomic E-state index is 0. The van der Waals surface area contributed by atoms with Crippen molar-refractivity contribution in [3.05, 3.63) is 17.7 Å². The molecule has 4 saturated carbocycles. The monoisotopic (exact) mass is 322 g/mol. The van der Waals surface area contributed by atoms with Gasteiger partial charge in [0.25, 0.3) is 0 Å². The summed E-state index contributed by atoms with van der Waals surface area (Å²) in [6, 6.07) is 0. The topological polar surface area (TPSA) is 17.8 Å². The number of fused-ring (bicyclic) bond motifs is 1. The van der Waals surface area contributed by atoms with Gasteiger partial charge in [-0.25, -0.2) is 4.98 Å². The van der Waals surface area contributed by atoms with Gasteiger partial charge in [-0.1, -0.05) is 0 Å². The molecule has 1 aromatic heterocycles. The molecule has 4 bridgehead atoms. The van der Waals surface area contributed by atoms with Crippen molar-refractivity contribution in [2.45, 2.75) is 63.3 Å². The molecular weight excluding hydrogens is 300 g/mol. The highest BCUT2D eigenvalue weighted by Gasteiger charge is 2.52. The summed E-state index contributed by atoms with van der Waals surface area (Å²) in [5, 5.41) is 0. The van der Waals surface area contributed by atoms with Crippen LogP contribution >= 0.6 is 17.0 Å². The smallest absolute Gasteiger partial charge is 0.109 e. The second kappa shape index (κ2) is 4.09. The lowest BCUT2D eigenvalue weighted by molar-refractivity contribution is -0.00712. The van der Waals surface area contributed by atoms with Gasteiger partial charge in [0.15, 0.2) is 0 Å². The second-order valence-electron chi connectivity index (χ2n) is 7.54. The number of nitrogens with zero attached hydrogens (tertiary/aromatic N) is 2. The van der Waals surface area contributed by atoms with Crippen molar-refractivity contribution in [2.75, 3.05) is 0 Å². The zero-order chi connectivity index (χ0) is 11.7. The van der Waals surface area contributed by atoms with E-state index in [4.69, 9.17) is 4.98 Å². The quantitative estimate of drug-likeness (QED) is 0.767. The lowest BCUT2D eigenvalue weighted by Crippen LogP contribution is -2.48. The van der Waals surface area contributed by atoms with Gasteiger partial charge in [-0.15, -0.1) is 17.0 Å². The molecule has 0 radical (unpaired) electrons. The van der Waals surface area contributed by atoms with Crippen molar-refractivity contribution in [1.82, 2.24) is 9.55 Å². The Bertz CT molecular complexity index is 448. The Morgan fingerprint density at radius 1 is 1.05 bits per heavy atom. The number of rotatable bonds is 1. The van der Waals surface area contributed by atoms with Crippen molar-refractivity contribution >= 4 is 17.0 Å². The molecule has 0 aromatic carbocycles. The van der Waals surface area contributed by atoms with E-state index in [1.165, 1.54) is 69.4 Å². The predicted molar refractivity (Wildman–Crippen MR) is 80.7 cm³/mol. The van der Waals surface area contributed by atoms with Gasteiger partial charge in [0.2, 0.25) is 0 Å². The Morgan fingerprint density at radius 3 is 2.26 bits per heavy atom. The predicted octanol–water partition coefficient (Wildman–Crippen LogP) is 3.88. The van der Waals surface area contributed by atoms with Crippen LogP contribution in [0.2, 0.25) is 0 Å². The van der Waals surface area contributed by atoms with E-state index >= 15 is 0 Å². The van der Waals surface area contributed by atoms with Crippen molar-refractivity contribution in [3.8, 4) is 0 Å². The van der Waals surface area contributed by atoms with E-state index in [0.717, 1.165) is 17.8 Å². The lowest BCUT2D eigenvalue weighted by atomic mass is 9.49. The normalized spacial score (nSPS) is 42.2. The van der Waals surface area contributed by atoms with E-state index < -0.39 is 0 Å². The van der Waals surface area contributed by atoms with Crippen LogP contribution in [-0.4, -0.2) is 9.55 Å². The SMILES string of the molecule is Br.c1c(C23CC4CC(CC(C4)C2)C3)nc2n1CCC2. The molecule has 6 rings (SSSR count). The van der Waals surface area contributed by atoms with Gasteiger partial charge in [-0.05, 0) is 62.7 Å². The molecule has 0 atom stereocenters. The zero-order valence-electron chi connectivity index (χ0n) is 11.5. The first kappa shape index (κ1) is 12.4. The van der Waals surface area contributed by atoms with Gasteiger partial charge in [0.1, 0.15) is 5.82 Å². The maximum atomic E-state index is 5.04. The number of imidazole rings is 1. The van der Waals surface area contributed by atoms with Crippen LogP contribution < -0.4 is 0 Å². The Hall–Kier alpha value is -0.310. The number of aryl methyl sites for hydroxylation is 2. The molecule has 104 valence electrons. The van der Waals surface area contributed by atoms with Crippen LogP contribution in [0.3, 0.4) is 0 Å². The first-order valence-electron chi connectivity index (χ1n) is 7.87. The number of hydrogen-bond donors (Lipinski definition) is 0. The van der Waals surface area contributed by atoms with E-state index in [9.17, 15) is 0 Å². The minimum atomic E-state index is 0. The number of hydrogen-bond acceptors (Lipinski definition) is 1. The Kier molecular flexibility index (Phi) is 2.68. The van der Waals surface area contributed by atoms with Gasteiger partial charge >= 0.3 is 0 Å². The Balaban J connectivity index is 0.000000968. The average molecular weight is 323 g/mol. The van der Waals surface area contributed by atoms with Crippen molar-refractivity contribution in [2.24, 2.45) is 17.8 Å². The fourth-order valence-corrected chi connectivity index (χ4v) is 5.93. The van der Waals surface area contributed by atoms with E-state index in [1.54, 1.807) is 0 Å². The molecule has 19 heavy (non-hydrogen) atoms. The summed E-state index contributed by atoms with van der Waals surface area (Å²) in [5.74, 6) is 4.48. The first-order chi connectivity index (χ1) is 8.81. The summed E-state index contributed by atoms with van der Waals surface area (Å²) in [5.41, 5.74) is 1.99. The minimum Gasteiger partial charge on any atom is -0.335 e. The second-order valence-corrected chi connectivity index (χ2v) is 7.54. The van der Waals surface area contributed by atoms with Gasteiger partial charge in [-0.3, -0.25) is 0 Å². The summed E-state index contributed by atoms with van der Waals surface area (Å²) < 4.78 is 2.44. The highest BCUT2D eigenvalue weighted by atomic mass is 79.9. The lowest BCUT2D eigenvalue weighted by Gasteiger charge is -2.56. The van der Waals surface area contributed by atoms with E-state index in [-0.39, 0.29) is 17.0 Å². The molecule has 1 aliphatic heterocycles. The van der Waals surface area contributed by atoms with Crippen LogP contribution in [0.1, 0.15) is 56.5 Å². The third kappa shape index (κ3) is 1.69. The van der Waals surface area contributed by atoms with Gasteiger partial charge in [-0.2, -0.15) is 0 Å². The molecule has 5 aliphatic rings. The number of halogens is 1. The molecule has 0 amide bonds. The summed E-state index contributed by atoms with van der Waals surface area (Å²) in [6.45, 7) is 1.22. The zero-order valence-corrected chi connectivity index (χ0v) is 13.2. The molecule has 0 unspecified atom stereocenters. The molecule has 2 heterocycles. The average Bonchev–Trinajstić information content (AvgIpc) is 2.86. The highest BCUT2D eigenvalue weighted by molar-refractivity contribution is 8.93. The van der Waals surface area contributed by atoms with E-state index in [0.29, 0.717) is 5.41 Å². The van der Waals surface area contributed by atoms with Crippen LogP contribution in [0.4, 0.5) is 0 Å². The summed E-state index contributed by atoms with van der Waals surface area (Å²) >= 11 is 0. The molecule has 3 heteroatoms. The molecule has 1 aromatic rings. The van der Waals surface area contributed by atoms with Crippen molar-refractivity contribution in [3.63, 3.8) is 0 Å². The Morgan fingerprint density at radius 2 is 1.68 bits per heavy atom. The molecule has 4 fully saturated rings. The summed E-state index contributed by atoms with van der Waals surface area (Å²) in [7, 11) is 0. The fourth-order valence-electron chi connectivity index (χ4n) is 5.93. The highest BCUT2D eigenvalue weighted by Crippen LogP contribution is 2.60. The maximum absolute atomic E-state index is 5.04. The van der Waals surface area contributed by atoms with Crippen LogP contribution in [0.25, 0.3) is 0 Å². The standard InChI is InChI=1S/C16H22N2.BrH/c1-2-15-17-14(10-18(15)3-1)16-7-11-4-12(8-16)6-13(5-11)9-16;/h10-13H,1-9H2;1H. The summed E-state index contributed by atoms with van der Waals surface area (Å²) in [6.07, 6.45) is 13.9. The van der Waals surface area contributed by atoms with E-state index in [2.05, 4.69) is 10.8 Å². The largest absolute Gasteiger partial charge is 0.335 e. The molecule has 2 nitrogen and oxygen atoms in total. The first-order valence-corrected chi connectivity index (χ1v) is 7.87. The van der Waals surface area contributed by atoms with Crippen molar-refractivity contribution in [1.29, 1.82) is 0 Å². The van der Waals surface area contributed by atoms with Gasteiger partial charge in [0.05, 0.1) is 5.69 Å². The maximum Gasteiger partial charge on any atom is 0.109 e. The Labute approximate surface area is 125 Å². The third-order valence-corrected chi connectivity index (χ3v) is 6.24. The van der Waals surface area contributed by atoms with Crippen LogP contribution in [0.15, 0.2) is 6.20 Å². The van der Waals surface area contributed by atoms with Crippen molar-refractivity contribution < 1.29 is 0 Å². The van der Waals surface area contributed by atoms with Crippen LogP contribution in [-0.2, 0) is 18.4 Å². The molecular formula is C16H23BrN2. The third-order valence-electron chi connectivity index (χ3n) is 6.24. The van der Waals surface area contributed by atoms with Gasteiger partial charge in [0, 0.05) is 24.6 Å². The van der Waals surface area contributed by atoms with Crippen LogP contribution in [0, 0.1) is 17.8 Å². The molecule has 0 spiro atoms.